The van der Waals surface area contributed by atoms with Gasteiger partial charge >= 0.3 is 0 Å². The van der Waals surface area contributed by atoms with Gasteiger partial charge in [0.15, 0.2) is 0 Å². The average Bonchev–Trinajstić information content (AvgIpc) is 2.28. The van der Waals surface area contributed by atoms with E-state index in [0.29, 0.717) is 0 Å². The summed E-state index contributed by atoms with van der Waals surface area (Å²) in [5.41, 5.74) is 0.603. The van der Waals surface area contributed by atoms with Gasteiger partial charge in [0.2, 0.25) is 0 Å². The van der Waals surface area contributed by atoms with Gasteiger partial charge in [-0.05, 0) is 30.9 Å². The summed E-state index contributed by atoms with van der Waals surface area (Å²) in [7, 11) is 0. The van der Waals surface area contributed by atoms with Crippen molar-refractivity contribution in [3.63, 3.8) is 0 Å². The Morgan fingerprint density at radius 1 is 1.27 bits per heavy atom. The zero-order valence-corrected chi connectivity index (χ0v) is 8.86. The third-order valence-corrected chi connectivity index (χ3v) is 2.63. The maximum Gasteiger partial charge on any atom is 0.0772 e. The number of aromatic nitrogens is 1. The van der Waals surface area contributed by atoms with Crippen LogP contribution in [0.15, 0.2) is 36.7 Å². The Morgan fingerprint density at radius 3 is 2.80 bits per heavy atom. The number of rotatable bonds is 1. The highest BCUT2D eigenvalue weighted by atomic mass is 14.6. The molecule has 0 aliphatic rings. The van der Waals surface area contributed by atoms with Crippen molar-refractivity contribution >= 4 is 10.8 Å². The van der Waals surface area contributed by atoms with E-state index in [2.05, 4.69) is 11.1 Å². The Morgan fingerprint density at radius 2 is 2.07 bits per heavy atom. The SMILES string of the molecule is CC(C)(C#N)c1cccc2cnccc12. The van der Waals surface area contributed by atoms with Crippen LogP contribution in [0.2, 0.25) is 0 Å². The summed E-state index contributed by atoms with van der Waals surface area (Å²) in [5.74, 6) is 0. The van der Waals surface area contributed by atoms with E-state index in [1.54, 1.807) is 6.20 Å². The molecule has 1 aromatic carbocycles. The second-order valence-electron chi connectivity index (χ2n) is 4.14. The molecule has 1 aromatic heterocycles. The van der Waals surface area contributed by atoms with Crippen molar-refractivity contribution in [1.29, 1.82) is 5.26 Å². The van der Waals surface area contributed by atoms with Gasteiger partial charge in [-0.1, -0.05) is 18.2 Å². The molecule has 0 saturated carbocycles. The number of fused-ring (bicyclic) bond motifs is 1. The molecule has 74 valence electrons. The first kappa shape index (κ1) is 9.67. The molecule has 0 radical (unpaired) electrons. The van der Waals surface area contributed by atoms with Crippen LogP contribution in [0.25, 0.3) is 10.8 Å². The van der Waals surface area contributed by atoms with Crippen LogP contribution in [0.3, 0.4) is 0 Å². The number of hydrogen-bond donors (Lipinski definition) is 0. The molecular weight excluding hydrogens is 184 g/mol. The molecule has 0 amide bonds. The standard InChI is InChI=1S/C13H12N2/c1-13(2,9-14)12-5-3-4-10-8-15-7-6-11(10)12/h3-8H,1-2H3. The van der Waals surface area contributed by atoms with E-state index < -0.39 is 5.41 Å². The monoisotopic (exact) mass is 196 g/mol. The number of pyridine rings is 1. The average molecular weight is 196 g/mol. The first-order valence-corrected chi connectivity index (χ1v) is 4.89. The number of benzene rings is 1. The Kier molecular flexibility index (Phi) is 2.17. The predicted molar refractivity (Wildman–Crippen MR) is 60.4 cm³/mol. The van der Waals surface area contributed by atoms with Gasteiger partial charge in [-0.25, -0.2) is 0 Å². The van der Waals surface area contributed by atoms with Crippen molar-refractivity contribution in [2.24, 2.45) is 0 Å². The normalized spacial score (nSPS) is 11.3. The summed E-state index contributed by atoms with van der Waals surface area (Å²) in [6.45, 7) is 3.87. The van der Waals surface area contributed by atoms with Crippen LogP contribution in [-0.2, 0) is 5.41 Å². The molecule has 0 spiro atoms. The Labute approximate surface area is 89.2 Å². The summed E-state index contributed by atoms with van der Waals surface area (Å²) in [4.78, 5) is 4.08. The Balaban J connectivity index is 2.78. The summed E-state index contributed by atoms with van der Waals surface area (Å²) in [5, 5.41) is 11.3. The lowest BCUT2D eigenvalue weighted by atomic mass is 9.83. The molecule has 0 atom stereocenters. The number of hydrogen-bond acceptors (Lipinski definition) is 2. The van der Waals surface area contributed by atoms with E-state index in [9.17, 15) is 0 Å². The molecule has 0 fully saturated rings. The fourth-order valence-corrected chi connectivity index (χ4v) is 1.73. The fraction of sp³-hybridized carbons (Fsp3) is 0.231. The summed E-state index contributed by atoms with van der Waals surface area (Å²) in [6, 6.07) is 10.3. The summed E-state index contributed by atoms with van der Waals surface area (Å²) < 4.78 is 0. The van der Waals surface area contributed by atoms with Gasteiger partial charge in [0, 0.05) is 17.8 Å². The van der Waals surface area contributed by atoms with Crippen molar-refractivity contribution in [3.8, 4) is 6.07 Å². The first-order valence-electron chi connectivity index (χ1n) is 4.89. The van der Waals surface area contributed by atoms with E-state index in [4.69, 9.17) is 5.26 Å². The number of nitrogens with zero attached hydrogens (tertiary/aromatic N) is 2. The molecule has 0 saturated heterocycles. The minimum atomic E-state index is -0.457. The van der Waals surface area contributed by atoms with E-state index >= 15 is 0 Å². The minimum absolute atomic E-state index is 0.457. The molecule has 0 N–H and O–H groups in total. The Bertz CT molecular complexity index is 530. The van der Waals surface area contributed by atoms with Crippen molar-refractivity contribution in [2.45, 2.75) is 19.3 Å². The van der Waals surface area contributed by atoms with Gasteiger partial charge in [0.05, 0.1) is 11.5 Å². The molecule has 15 heavy (non-hydrogen) atoms. The van der Waals surface area contributed by atoms with Crippen LogP contribution in [0.1, 0.15) is 19.4 Å². The zero-order chi connectivity index (χ0) is 10.9. The van der Waals surface area contributed by atoms with Crippen LogP contribution in [-0.4, -0.2) is 4.98 Å². The lowest BCUT2D eigenvalue weighted by Crippen LogP contribution is -2.14. The van der Waals surface area contributed by atoms with E-state index in [1.807, 2.05) is 44.3 Å². The molecular formula is C13H12N2. The highest BCUT2D eigenvalue weighted by molar-refractivity contribution is 5.86. The second kappa shape index (κ2) is 3.36. The summed E-state index contributed by atoms with van der Waals surface area (Å²) >= 11 is 0. The van der Waals surface area contributed by atoms with Crippen LogP contribution in [0, 0.1) is 11.3 Å². The summed E-state index contributed by atoms with van der Waals surface area (Å²) in [6.07, 6.45) is 3.59. The lowest BCUT2D eigenvalue weighted by Gasteiger charge is -2.17. The topological polar surface area (TPSA) is 36.7 Å². The third-order valence-electron chi connectivity index (χ3n) is 2.63. The van der Waals surface area contributed by atoms with Crippen LogP contribution >= 0.6 is 0 Å². The lowest BCUT2D eigenvalue weighted by molar-refractivity contribution is 0.694. The maximum atomic E-state index is 9.14. The molecule has 0 bridgehead atoms. The molecule has 2 heteroatoms. The van der Waals surface area contributed by atoms with Crippen LogP contribution in [0.4, 0.5) is 0 Å². The molecule has 2 aromatic rings. The van der Waals surface area contributed by atoms with Gasteiger partial charge in [-0.3, -0.25) is 4.98 Å². The van der Waals surface area contributed by atoms with Crippen LogP contribution < -0.4 is 0 Å². The number of nitriles is 1. The predicted octanol–water partition coefficient (Wildman–Crippen LogP) is 3.04. The minimum Gasteiger partial charge on any atom is -0.264 e. The molecule has 2 rings (SSSR count). The molecule has 0 aliphatic heterocycles. The van der Waals surface area contributed by atoms with Gasteiger partial charge in [-0.15, -0.1) is 0 Å². The smallest absolute Gasteiger partial charge is 0.0772 e. The van der Waals surface area contributed by atoms with E-state index in [-0.39, 0.29) is 0 Å². The van der Waals surface area contributed by atoms with E-state index in [1.165, 1.54) is 0 Å². The fourth-order valence-electron chi connectivity index (χ4n) is 1.73. The van der Waals surface area contributed by atoms with Crippen molar-refractivity contribution < 1.29 is 0 Å². The van der Waals surface area contributed by atoms with Gasteiger partial charge in [0.1, 0.15) is 0 Å². The highest BCUT2D eigenvalue weighted by Gasteiger charge is 2.21. The highest BCUT2D eigenvalue weighted by Crippen LogP contribution is 2.29. The molecule has 1 heterocycles. The van der Waals surface area contributed by atoms with Crippen molar-refractivity contribution in [1.82, 2.24) is 4.98 Å². The first-order chi connectivity index (χ1) is 7.15. The van der Waals surface area contributed by atoms with Crippen LogP contribution in [0.5, 0.6) is 0 Å². The van der Waals surface area contributed by atoms with Crippen molar-refractivity contribution in [3.05, 3.63) is 42.2 Å². The van der Waals surface area contributed by atoms with Crippen molar-refractivity contribution in [2.75, 3.05) is 0 Å². The maximum absolute atomic E-state index is 9.14. The third kappa shape index (κ3) is 1.57. The second-order valence-corrected chi connectivity index (χ2v) is 4.14. The van der Waals surface area contributed by atoms with Gasteiger partial charge in [0.25, 0.3) is 0 Å². The van der Waals surface area contributed by atoms with Gasteiger partial charge in [-0.2, -0.15) is 5.26 Å². The zero-order valence-electron chi connectivity index (χ0n) is 8.86. The quantitative estimate of drug-likeness (QED) is 0.702. The van der Waals surface area contributed by atoms with E-state index in [0.717, 1.165) is 16.3 Å². The Hall–Kier alpha value is -1.88. The molecule has 0 aliphatic carbocycles. The molecule has 0 unspecified atom stereocenters. The van der Waals surface area contributed by atoms with Gasteiger partial charge < -0.3 is 0 Å². The molecule has 2 nitrogen and oxygen atoms in total. The largest absolute Gasteiger partial charge is 0.264 e.